The van der Waals surface area contributed by atoms with Gasteiger partial charge in [0.15, 0.2) is 5.82 Å². The van der Waals surface area contributed by atoms with E-state index in [0.717, 1.165) is 22.5 Å². The molecule has 0 saturated carbocycles. The van der Waals surface area contributed by atoms with Crippen LogP contribution in [-0.4, -0.2) is 15.0 Å². The van der Waals surface area contributed by atoms with Crippen LogP contribution in [0.25, 0.3) is 16.9 Å². The average Bonchev–Trinajstić information content (AvgIpc) is 2.82. The summed E-state index contributed by atoms with van der Waals surface area (Å²) < 4.78 is 1.66. The monoisotopic (exact) mass is 264 g/mol. The third kappa shape index (κ3) is 2.05. The summed E-state index contributed by atoms with van der Waals surface area (Å²) in [6, 6.07) is 16.0. The zero-order chi connectivity index (χ0) is 14.1. The fourth-order valence-electron chi connectivity index (χ4n) is 2.32. The van der Waals surface area contributed by atoms with Crippen LogP contribution in [0, 0.1) is 13.8 Å². The van der Waals surface area contributed by atoms with Gasteiger partial charge in [0.25, 0.3) is 0 Å². The number of benzene rings is 2. The summed E-state index contributed by atoms with van der Waals surface area (Å²) in [5.41, 5.74) is 11.2. The maximum Gasteiger partial charge on any atom is 0.155 e. The Hall–Kier alpha value is -2.62. The smallest absolute Gasteiger partial charge is 0.155 e. The van der Waals surface area contributed by atoms with Crippen molar-refractivity contribution in [2.75, 3.05) is 5.73 Å². The van der Waals surface area contributed by atoms with Crippen LogP contribution in [0.5, 0.6) is 0 Å². The number of anilines is 1. The molecule has 100 valence electrons. The molecule has 0 unspecified atom stereocenters. The SMILES string of the molecule is Cc1ccc(-c2nnn(-c3ccccc3)c2N)c(C)c1. The Labute approximate surface area is 117 Å². The molecule has 0 fully saturated rings. The molecule has 0 aliphatic rings. The number of hydrogen-bond acceptors (Lipinski definition) is 3. The Bertz CT molecular complexity index is 744. The highest BCUT2D eigenvalue weighted by Crippen LogP contribution is 2.28. The minimum Gasteiger partial charge on any atom is -0.382 e. The molecule has 0 amide bonds. The molecular formula is C16H16N4. The van der Waals surface area contributed by atoms with E-state index >= 15 is 0 Å². The quantitative estimate of drug-likeness (QED) is 0.773. The molecule has 0 aliphatic carbocycles. The molecule has 0 aliphatic heterocycles. The summed E-state index contributed by atoms with van der Waals surface area (Å²) >= 11 is 0. The van der Waals surface area contributed by atoms with E-state index in [-0.39, 0.29) is 0 Å². The van der Waals surface area contributed by atoms with E-state index in [9.17, 15) is 0 Å². The summed E-state index contributed by atoms with van der Waals surface area (Å²) in [4.78, 5) is 0. The highest BCUT2D eigenvalue weighted by molar-refractivity contribution is 5.73. The first-order chi connectivity index (χ1) is 9.66. The van der Waals surface area contributed by atoms with Crippen molar-refractivity contribution in [3.63, 3.8) is 0 Å². The topological polar surface area (TPSA) is 56.7 Å². The summed E-state index contributed by atoms with van der Waals surface area (Å²) in [5, 5.41) is 8.41. The summed E-state index contributed by atoms with van der Waals surface area (Å²) in [6.07, 6.45) is 0. The zero-order valence-electron chi connectivity index (χ0n) is 11.5. The third-order valence-corrected chi connectivity index (χ3v) is 3.34. The van der Waals surface area contributed by atoms with E-state index in [1.165, 1.54) is 5.56 Å². The van der Waals surface area contributed by atoms with Gasteiger partial charge in [-0.3, -0.25) is 0 Å². The predicted molar refractivity (Wildman–Crippen MR) is 80.7 cm³/mol. The number of hydrogen-bond donors (Lipinski definition) is 1. The van der Waals surface area contributed by atoms with Crippen molar-refractivity contribution in [3.05, 3.63) is 59.7 Å². The molecule has 1 aromatic heterocycles. The number of nitrogens with zero attached hydrogens (tertiary/aromatic N) is 3. The van der Waals surface area contributed by atoms with Gasteiger partial charge in [0, 0.05) is 5.56 Å². The van der Waals surface area contributed by atoms with Gasteiger partial charge >= 0.3 is 0 Å². The minimum atomic E-state index is 0.558. The van der Waals surface area contributed by atoms with Gasteiger partial charge in [0.1, 0.15) is 5.69 Å². The van der Waals surface area contributed by atoms with Gasteiger partial charge in [0.05, 0.1) is 5.69 Å². The molecule has 3 aromatic rings. The number of para-hydroxylation sites is 1. The van der Waals surface area contributed by atoms with E-state index in [4.69, 9.17) is 5.73 Å². The van der Waals surface area contributed by atoms with Crippen LogP contribution in [0.3, 0.4) is 0 Å². The van der Waals surface area contributed by atoms with Crippen molar-refractivity contribution in [1.29, 1.82) is 0 Å². The fraction of sp³-hybridized carbons (Fsp3) is 0.125. The van der Waals surface area contributed by atoms with Crippen molar-refractivity contribution >= 4 is 5.82 Å². The van der Waals surface area contributed by atoms with Gasteiger partial charge < -0.3 is 5.73 Å². The van der Waals surface area contributed by atoms with E-state index in [1.807, 2.05) is 36.4 Å². The predicted octanol–water partition coefficient (Wildman–Crippen LogP) is 3.13. The first kappa shape index (κ1) is 12.4. The lowest BCUT2D eigenvalue weighted by Crippen LogP contribution is -2.02. The lowest BCUT2D eigenvalue weighted by Gasteiger charge is -2.06. The lowest BCUT2D eigenvalue weighted by molar-refractivity contribution is 0.810. The number of aromatic nitrogens is 3. The van der Waals surface area contributed by atoms with Crippen LogP contribution in [0.4, 0.5) is 5.82 Å². The highest BCUT2D eigenvalue weighted by Gasteiger charge is 2.14. The van der Waals surface area contributed by atoms with Gasteiger partial charge in [-0.15, -0.1) is 5.10 Å². The lowest BCUT2D eigenvalue weighted by atomic mass is 10.0. The molecule has 0 radical (unpaired) electrons. The summed E-state index contributed by atoms with van der Waals surface area (Å²) in [5.74, 6) is 0.558. The fourth-order valence-corrected chi connectivity index (χ4v) is 2.32. The number of aryl methyl sites for hydroxylation is 2. The van der Waals surface area contributed by atoms with Crippen LogP contribution in [0.2, 0.25) is 0 Å². The Morgan fingerprint density at radius 1 is 1.00 bits per heavy atom. The van der Waals surface area contributed by atoms with Gasteiger partial charge in [-0.25, -0.2) is 0 Å². The van der Waals surface area contributed by atoms with Gasteiger partial charge in [-0.05, 0) is 31.5 Å². The number of nitrogens with two attached hydrogens (primary N) is 1. The standard InChI is InChI=1S/C16H16N4/c1-11-8-9-14(12(2)10-11)15-16(17)20(19-18-15)13-6-4-3-5-7-13/h3-10H,17H2,1-2H3. The van der Waals surface area contributed by atoms with Crippen molar-refractivity contribution in [1.82, 2.24) is 15.0 Å². The molecule has 2 aromatic carbocycles. The van der Waals surface area contributed by atoms with E-state index in [2.05, 4.69) is 36.3 Å². The number of rotatable bonds is 2. The Morgan fingerprint density at radius 2 is 1.75 bits per heavy atom. The van der Waals surface area contributed by atoms with Gasteiger partial charge in [-0.1, -0.05) is 47.2 Å². The van der Waals surface area contributed by atoms with Crippen LogP contribution in [-0.2, 0) is 0 Å². The van der Waals surface area contributed by atoms with Crippen LogP contribution in [0.1, 0.15) is 11.1 Å². The van der Waals surface area contributed by atoms with Crippen LogP contribution < -0.4 is 5.73 Å². The summed E-state index contributed by atoms with van der Waals surface area (Å²) in [6.45, 7) is 4.13. The Balaban J connectivity index is 2.11. The molecule has 1 heterocycles. The molecule has 2 N–H and O–H groups in total. The van der Waals surface area contributed by atoms with Crippen molar-refractivity contribution in [2.45, 2.75) is 13.8 Å². The molecule has 4 heteroatoms. The maximum atomic E-state index is 6.21. The largest absolute Gasteiger partial charge is 0.382 e. The second-order valence-corrected chi connectivity index (χ2v) is 4.89. The number of nitrogen functional groups attached to an aromatic ring is 1. The van der Waals surface area contributed by atoms with Gasteiger partial charge in [0.2, 0.25) is 0 Å². The third-order valence-electron chi connectivity index (χ3n) is 3.34. The van der Waals surface area contributed by atoms with E-state index < -0.39 is 0 Å². The Morgan fingerprint density at radius 3 is 2.45 bits per heavy atom. The minimum absolute atomic E-state index is 0.558. The molecule has 0 saturated heterocycles. The van der Waals surface area contributed by atoms with Crippen LogP contribution in [0.15, 0.2) is 48.5 Å². The second-order valence-electron chi connectivity index (χ2n) is 4.89. The van der Waals surface area contributed by atoms with Crippen molar-refractivity contribution in [2.24, 2.45) is 0 Å². The van der Waals surface area contributed by atoms with Crippen molar-refractivity contribution < 1.29 is 0 Å². The highest BCUT2D eigenvalue weighted by atomic mass is 15.5. The van der Waals surface area contributed by atoms with E-state index in [0.29, 0.717) is 5.82 Å². The first-order valence-electron chi connectivity index (χ1n) is 6.51. The zero-order valence-corrected chi connectivity index (χ0v) is 11.5. The molecule has 20 heavy (non-hydrogen) atoms. The molecule has 0 spiro atoms. The van der Waals surface area contributed by atoms with Gasteiger partial charge in [-0.2, -0.15) is 4.68 Å². The van der Waals surface area contributed by atoms with Crippen LogP contribution >= 0.6 is 0 Å². The normalized spacial score (nSPS) is 10.7. The van der Waals surface area contributed by atoms with E-state index in [1.54, 1.807) is 4.68 Å². The molecule has 0 bridgehead atoms. The average molecular weight is 264 g/mol. The van der Waals surface area contributed by atoms with Crippen molar-refractivity contribution in [3.8, 4) is 16.9 Å². The second kappa shape index (κ2) is 4.81. The first-order valence-corrected chi connectivity index (χ1v) is 6.51. The summed E-state index contributed by atoms with van der Waals surface area (Å²) in [7, 11) is 0. The Kier molecular flexibility index (Phi) is 2.99. The molecular weight excluding hydrogens is 248 g/mol. The maximum absolute atomic E-state index is 6.21. The molecule has 0 atom stereocenters. The molecule has 3 rings (SSSR count). The molecule has 4 nitrogen and oxygen atoms in total.